The van der Waals surface area contributed by atoms with Crippen LogP contribution in [0.3, 0.4) is 0 Å². The van der Waals surface area contributed by atoms with Gasteiger partial charge >= 0.3 is 0 Å². The Morgan fingerprint density at radius 1 is 1.25 bits per heavy atom. The zero-order chi connectivity index (χ0) is 13.9. The van der Waals surface area contributed by atoms with E-state index in [1.165, 1.54) is 6.33 Å². The van der Waals surface area contributed by atoms with E-state index in [0.717, 1.165) is 27.8 Å². The number of pyridine rings is 1. The third-order valence-electron chi connectivity index (χ3n) is 3.13. The molecule has 0 atom stereocenters. The summed E-state index contributed by atoms with van der Waals surface area (Å²) in [6.45, 7) is 2.67. The number of nitrogen functional groups attached to an aromatic ring is 1. The lowest BCUT2D eigenvalue weighted by Gasteiger charge is -2.11. The number of aromatic nitrogens is 3. The number of nitrogens with two attached hydrogens (primary N) is 1. The normalized spacial score (nSPS) is 10.8. The number of fused-ring (bicyclic) bond motifs is 1. The molecule has 6 heteroatoms. The maximum absolute atomic E-state index is 5.98. The number of nitrogens with zero attached hydrogens (tertiary/aromatic N) is 3. The summed E-state index contributed by atoms with van der Waals surface area (Å²) < 4.78 is 4.97. The van der Waals surface area contributed by atoms with Gasteiger partial charge in [-0.15, -0.1) is 0 Å². The lowest BCUT2D eigenvalue weighted by Crippen LogP contribution is -2.06. The van der Waals surface area contributed by atoms with Crippen LogP contribution in [0.1, 0.15) is 11.6 Å². The van der Waals surface area contributed by atoms with E-state index in [1.807, 2.05) is 31.3 Å². The van der Waals surface area contributed by atoms with Crippen LogP contribution in [0.5, 0.6) is 0 Å². The van der Waals surface area contributed by atoms with E-state index in [-0.39, 0.29) is 0 Å². The lowest BCUT2D eigenvalue weighted by atomic mass is 10.1. The topological polar surface area (TPSA) is 89.9 Å². The average Bonchev–Trinajstić information content (AvgIpc) is 2.94. The molecule has 3 rings (SSSR count). The van der Waals surface area contributed by atoms with Crippen molar-refractivity contribution >= 4 is 22.1 Å². The van der Waals surface area contributed by atoms with Crippen molar-refractivity contribution in [2.45, 2.75) is 13.3 Å². The summed E-state index contributed by atoms with van der Waals surface area (Å²) in [6, 6.07) is 5.89. The molecule has 20 heavy (non-hydrogen) atoms. The first-order chi connectivity index (χ1) is 9.74. The Hall–Kier alpha value is -2.63. The second-order valence-electron chi connectivity index (χ2n) is 4.59. The monoisotopic (exact) mass is 269 g/mol. The summed E-state index contributed by atoms with van der Waals surface area (Å²) in [6.07, 6.45) is 3.89. The van der Waals surface area contributed by atoms with E-state index in [0.29, 0.717) is 18.9 Å². The van der Waals surface area contributed by atoms with Gasteiger partial charge in [-0.05, 0) is 25.1 Å². The molecular weight excluding hydrogens is 254 g/mol. The lowest BCUT2D eigenvalue weighted by molar-refractivity contribution is 0.380. The molecule has 0 aliphatic carbocycles. The maximum atomic E-state index is 5.98. The molecule has 2 heterocycles. The molecule has 3 aromatic rings. The molecule has 0 amide bonds. The molecule has 0 spiro atoms. The van der Waals surface area contributed by atoms with E-state index in [2.05, 4.69) is 20.4 Å². The van der Waals surface area contributed by atoms with E-state index >= 15 is 0 Å². The number of hydrogen-bond donors (Lipinski definition) is 2. The molecule has 0 saturated heterocycles. The van der Waals surface area contributed by atoms with Gasteiger partial charge in [0.05, 0.1) is 0 Å². The van der Waals surface area contributed by atoms with Crippen molar-refractivity contribution < 1.29 is 4.52 Å². The van der Waals surface area contributed by atoms with E-state index < -0.39 is 0 Å². The molecule has 6 nitrogen and oxygen atoms in total. The molecule has 0 unspecified atom stereocenters. The predicted molar refractivity (Wildman–Crippen MR) is 77.4 cm³/mol. The summed E-state index contributed by atoms with van der Waals surface area (Å²) in [5.41, 5.74) is 8.70. The number of rotatable bonds is 4. The summed E-state index contributed by atoms with van der Waals surface area (Å²) in [7, 11) is 0. The zero-order valence-electron chi connectivity index (χ0n) is 11.1. The molecule has 0 radical (unpaired) electrons. The van der Waals surface area contributed by atoms with Gasteiger partial charge in [-0.1, -0.05) is 5.16 Å². The van der Waals surface area contributed by atoms with Gasteiger partial charge in [0.1, 0.15) is 0 Å². The Labute approximate surface area is 116 Å². The molecule has 102 valence electrons. The highest BCUT2D eigenvalue weighted by molar-refractivity contribution is 6.00. The van der Waals surface area contributed by atoms with Crippen LogP contribution in [0.15, 0.2) is 35.2 Å². The molecule has 2 aromatic heterocycles. The third kappa shape index (κ3) is 2.40. The highest BCUT2D eigenvalue weighted by atomic mass is 16.5. The minimum Gasteiger partial charge on any atom is -0.398 e. The summed E-state index contributed by atoms with van der Waals surface area (Å²) in [4.78, 5) is 8.28. The molecule has 3 N–H and O–H groups in total. The van der Waals surface area contributed by atoms with Gasteiger partial charge in [0.2, 0.25) is 5.89 Å². The van der Waals surface area contributed by atoms with Crippen LogP contribution >= 0.6 is 0 Å². The quantitative estimate of drug-likeness (QED) is 0.705. The fourth-order valence-electron chi connectivity index (χ4n) is 2.13. The van der Waals surface area contributed by atoms with Crippen LogP contribution in [0, 0.1) is 6.92 Å². The van der Waals surface area contributed by atoms with Crippen molar-refractivity contribution in [3.63, 3.8) is 0 Å². The maximum Gasteiger partial charge on any atom is 0.228 e. The predicted octanol–water partition coefficient (Wildman–Crippen LogP) is 2.16. The van der Waals surface area contributed by atoms with Crippen LogP contribution in [-0.2, 0) is 6.42 Å². The smallest absolute Gasteiger partial charge is 0.228 e. The summed E-state index contributed by atoms with van der Waals surface area (Å²) in [5, 5.41) is 8.98. The minimum absolute atomic E-state index is 0.620. The van der Waals surface area contributed by atoms with Crippen LogP contribution in [0.4, 0.5) is 11.4 Å². The van der Waals surface area contributed by atoms with Gasteiger partial charge in [-0.3, -0.25) is 4.98 Å². The number of nitrogens with one attached hydrogen (secondary N) is 1. The first-order valence-electron chi connectivity index (χ1n) is 6.38. The second-order valence-corrected chi connectivity index (χ2v) is 4.59. The number of aryl methyl sites for hydroxylation is 1. The Morgan fingerprint density at radius 2 is 2.15 bits per heavy atom. The van der Waals surface area contributed by atoms with Crippen LogP contribution in [-0.4, -0.2) is 21.7 Å². The Bertz CT molecular complexity index is 724. The number of hydrogen-bond acceptors (Lipinski definition) is 6. The molecule has 1 aromatic carbocycles. The third-order valence-corrected chi connectivity index (χ3v) is 3.13. The summed E-state index contributed by atoms with van der Waals surface area (Å²) >= 11 is 0. The molecule has 0 saturated carbocycles. The van der Waals surface area contributed by atoms with Crippen molar-refractivity contribution in [3.8, 4) is 0 Å². The standard InChI is InChI=1S/C14H15N5O/c1-9-6-10-11(7-17-9)12(15)2-3-13(10)16-5-4-14-18-8-19-20-14/h2-3,6-8,16H,4-5,15H2,1H3. The zero-order valence-corrected chi connectivity index (χ0v) is 11.1. The number of anilines is 2. The Morgan fingerprint density at radius 3 is 2.95 bits per heavy atom. The highest BCUT2D eigenvalue weighted by Gasteiger charge is 2.06. The molecule has 0 aliphatic rings. The van der Waals surface area contributed by atoms with Gasteiger partial charge in [0.25, 0.3) is 0 Å². The largest absolute Gasteiger partial charge is 0.398 e. The molecule has 0 aliphatic heterocycles. The minimum atomic E-state index is 0.620. The Balaban J connectivity index is 1.84. The van der Waals surface area contributed by atoms with E-state index in [9.17, 15) is 0 Å². The van der Waals surface area contributed by atoms with Crippen molar-refractivity contribution in [1.82, 2.24) is 15.1 Å². The first-order valence-corrected chi connectivity index (χ1v) is 6.38. The number of benzene rings is 1. The van der Waals surface area contributed by atoms with E-state index in [1.54, 1.807) is 0 Å². The fraction of sp³-hybridized carbons (Fsp3) is 0.214. The summed E-state index contributed by atoms with van der Waals surface area (Å²) in [5.74, 6) is 0.620. The van der Waals surface area contributed by atoms with Crippen molar-refractivity contribution in [2.24, 2.45) is 0 Å². The second kappa shape index (κ2) is 5.16. The van der Waals surface area contributed by atoms with Crippen LogP contribution in [0.25, 0.3) is 10.8 Å². The average molecular weight is 269 g/mol. The molecular formula is C14H15N5O. The van der Waals surface area contributed by atoms with Gasteiger partial charge < -0.3 is 15.6 Å². The van der Waals surface area contributed by atoms with Crippen LogP contribution < -0.4 is 11.1 Å². The van der Waals surface area contributed by atoms with Gasteiger partial charge in [0, 0.05) is 47.0 Å². The molecule has 0 bridgehead atoms. The Kier molecular flexibility index (Phi) is 3.20. The van der Waals surface area contributed by atoms with Gasteiger partial charge in [-0.2, -0.15) is 4.98 Å². The fourth-order valence-corrected chi connectivity index (χ4v) is 2.13. The molecule has 0 fully saturated rings. The highest BCUT2D eigenvalue weighted by Crippen LogP contribution is 2.28. The SMILES string of the molecule is Cc1cc2c(NCCc3ncno3)ccc(N)c2cn1. The van der Waals surface area contributed by atoms with E-state index in [4.69, 9.17) is 10.3 Å². The van der Waals surface area contributed by atoms with Crippen LogP contribution in [0.2, 0.25) is 0 Å². The van der Waals surface area contributed by atoms with Gasteiger partial charge in [0.15, 0.2) is 6.33 Å². The van der Waals surface area contributed by atoms with Gasteiger partial charge in [-0.25, -0.2) is 0 Å². The first kappa shape index (κ1) is 12.4. The van der Waals surface area contributed by atoms with Crippen molar-refractivity contribution in [3.05, 3.63) is 42.3 Å². The van der Waals surface area contributed by atoms with Crippen molar-refractivity contribution in [1.29, 1.82) is 0 Å². The van der Waals surface area contributed by atoms with Crippen molar-refractivity contribution in [2.75, 3.05) is 17.6 Å².